The molecule has 30 heavy (non-hydrogen) atoms. The number of hydrogen-bond acceptors (Lipinski definition) is 5. The van der Waals surface area contributed by atoms with Gasteiger partial charge in [-0.2, -0.15) is 0 Å². The number of rotatable bonds is 7. The molecule has 0 spiro atoms. The second-order valence-electron chi connectivity index (χ2n) is 10.1. The van der Waals surface area contributed by atoms with Crippen LogP contribution in [0.25, 0.3) is 11.0 Å². The summed E-state index contributed by atoms with van der Waals surface area (Å²) in [4.78, 5) is 25.4. The van der Waals surface area contributed by atoms with Gasteiger partial charge in [0.25, 0.3) is 0 Å². The van der Waals surface area contributed by atoms with Crippen LogP contribution in [0.4, 0.5) is 4.79 Å². The molecule has 0 aliphatic heterocycles. The van der Waals surface area contributed by atoms with Crippen LogP contribution in [0.15, 0.2) is 28.7 Å². The van der Waals surface area contributed by atoms with Gasteiger partial charge in [0.05, 0.1) is 6.61 Å². The molecule has 0 saturated heterocycles. The van der Waals surface area contributed by atoms with Crippen LogP contribution in [0.5, 0.6) is 0 Å². The van der Waals surface area contributed by atoms with E-state index >= 15 is 0 Å². The first-order valence-electron chi connectivity index (χ1n) is 10.3. The zero-order valence-electron chi connectivity index (χ0n) is 19.5. The predicted molar refractivity (Wildman–Crippen MR) is 121 cm³/mol. The molecule has 0 atom stereocenters. The van der Waals surface area contributed by atoms with Gasteiger partial charge in [-0.25, -0.2) is 4.79 Å². The summed E-state index contributed by atoms with van der Waals surface area (Å²) in [5.74, 6) is 0.286. The Morgan fingerprint density at radius 2 is 1.80 bits per heavy atom. The van der Waals surface area contributed by atoms with Crippen molar-refractivity contribution >= 4 is 31.7 Å². The van der Waals surface area contributed by atoms with Crippen LogP contribution in [-0.2, 0) is 15.7 Å². The quantitative estimate of drug-likeness (QED) is 0.395. The third-order valence-electron chi connectivity index (χ3n) is 5.38. The van der Waals surface area contributed by atoms with E-state index in [9.17, 15) is 9.59 Å². The summed E-state index contributed by atoms with van der Waals surface area (Å²) < 4.78 is 17.4. The maximum absolute atomic E-state index is 12.8. The van der Waals surface area contributed by atoms with Crippen molar-refractivity contribution < 1.29 is 23.2 Å². The third-order valence-corrected chi connectivity index (χ3v) is 9.91. The van der Waals surface area contributed by atoms with Crippen LogP contribution in [-0.4, -0.2) is 44.3 Å². The van der Waals surface area contributed by atoms with Crippen LogP contribution >= 0.6 is 0 Å². The number of benzene rings is 1. The van der Waals surface area contributed by atoms with Crippen LogP contribution in [0.3, 0.4) is 0 Å². The molecule has 0 bridgehead atoms. The van der Waals surface area contributed by atoms with Gasteiger partial charge in [0, 0.05) is 18.5 Å². The van der Waals surface area contributed by atoms with E-state index in [4.69, 9.17) is 13.6 Å². The highest BCUT2D eigenvalue weighted by atomic mass is 28.4. The number of nitrogens with zero attached hydrogens (tertiary/aromatic N) is 1. The van der Waals surface area contributed by atoms with E-state index in [-0.39, 0.29) is 16.9 Å². The minimum Gasteiger partial charge on any atom is -0.453 e. The summed E-state index contributed by atoms with van der Waals surface area (Å²) in [6.45, 7) is 17.8. The average molecular weight is 434 g/mol. The maximum atomic E-state index is 12.8. The largest absolute Gasteiger partial charge is 0.453 e. The monoisotopic (exact) mass is 433 g/mol. The molecule has 6 nitrogen and oxygen atoms in total. The van der Waals surface area contributed by atoms with E-state index in [1.807, 2.05) is 39.0 Å². The Labute approximate surface area is 180 Å². The van der Waals surface area contributed by atoms with Gasteiger partial charge in [-0.1, -0.05) is 32.9 Å². The third kappa shape index (κ3) is 6.44. The summed E-state index contributed by atoms with van der Waals surface area (Å²) in [5, 5.41) is 0.954. The molecule has 0 aliphatic rings. The number of hydrogen-bond donors (Lipinski definition) is 0. The Morgan fingerprint density at radius 1 is 1.13 bits per heavy atom. The van der Waals surface area contributed by atoms with Gasteiger partial charge >= 0.3 is 6.09 Å². The number of amides is 1. The van der Waals surface area contributed by atoms with Crippen molar-refractivity contribution in [2.75, 3.05) is 13.2 Å². The van der Waals surface area contributed by atoms with E-state index < -0.39 is 13.9 Å². The van der Waals surface area contributed by atoms with Crippen LogP contribution in [0.1, 0.15) is 57.7 Å². The number of ether oxygens (including phenoxy) is 1. The lowest BCUT2D eigenvalue weighted by atomic mass is 10.1. The smallest absolute Gasteiger partial charge is 0.410 e. The van der Waals surface area contributed by atoms with Crippen molar-refractivity contribution in [3.05, 3.63) is 35.6 Å². The fourth-order valence-electron chi connectivity index (χ4n) is 2.66. The van der Waals surface area contributed by atoms with E-state index in [1.54, 1.807) is 11.0 Å². The zero-order chi connectivity index (χ0) is 22.7. The highest BCUT2D eigenvalue weighted by Gasteiger charge is 2.37. The van der Waals surface area contributed by atoms with E-state index in [0.717, 1.165) is 10.9 Å². The summed E-state index contributed by atoms with van der Waals surface area (Å²) in [6, 6.07) is 7.37. The highest BCUT2D eigenvalue weighted by molar-refractivity contribution is 6.74. The summed E-state index contributed by atoms with van der Waals surface area (Å²) in [6.07, 6.45) is 0.305. The summed E-state index contributed by atoms with van der Waals surface area (Å²) in [5.41, 5.74) is 0.933. The summed E-state index contributed by atoms with van der Waals surface area (Å²) >= 11 is 0. The van der Waals surface area contributed by atoms with Gasteiger partial charge in [-0.3, -0.25) is 4.79 Å². The van der Waals surface area contributed by atoms with Gasteiger partial charge in [0.2, 0.25) is 0 Å². The lowest BCUT2D eigenvalue weighted by Gasteiger charge is -2.37. The molecule has 7 heteroatoms. The van der Waals surface area contributed by atoms with Crippen molar-refractivity contribution in [3.8, 4) is 0 Å². The fraction of sp³-hybridized carbons (Fsp3) is 0.565. The second kappa shape index (κ2) is 8.94. The average Bonchev–Trinajstić information content (AvgIpc) is 3.00. The van der Waals surface area contributed by atoms with Crippen molar-refractivity contribution in [3.63, 3.8) is 0 Å². The van der Waals surface area contributed by atoms with Crippen molar-refractivity contribution in [2.45, 2.75) is 71.8 Å². The van der Waals surface area contributed by atoms with Crippen molar-refractivity contribution in [1.29, 1.82) is 0 Å². The molecule has 1 aromatic heterocycles. The van der Waals surface area contributed by atoms with Crippen molar-refractivity contribution in [1.82, 2.24) is 4.90 Å². The Morgan fingerprint density at radius 3 is 2.37 bits per heavy atom. The Hall–Kier alpha value is -2.12. The topological polar surface area (TPSA) is 69.0 Å². The number of carbonyl (C=O) groups is 2. The fourth-order valence-corrected chi connectivity index (χ4v) is 3.70. The van der Waals surface area contributed by atoms with Crippen LogP contribution in [0.2, 0.25) is 18.1 Å². The first kappa shape index (κ1) is 24.1. The van der Waals surface area contributed by atoms with Gasteiger partial charge in [0.15, 0.2) is 20.4 Å². The van der Waals surface area contributed by atoms with Gasteiger partial charge < -0.3 is 18.5 Å². The molecule has 166 valence electrons. The molecule has 1 amide bonds. The molecule has 0 fully saturated rings. The number of fused-ring (bicyclic) bond motifs is 1. The molecule has 0 N–H and O–H groups in total. The number of aldehydes is 1. The Balaban J connectivity index is 2.16. The van der Waals surface area contributed by atoms with Gasteiger partial charge in [-0.05, 0) is 56.6 Å². The van der Waals surface area contributed by atoms with E-state index in [2.05, 4.69) is 33.9 Å². The van der Waals surface area contributed by atoms with E-state index in [1.165, 1.54) is 0 Å². The van der Waals surface area contributed by atoms with Gasteiger partial charge in [-0.15, -0.1) is 0 Å². The molecular formula is C23H35NO5Si. The van der Waals surface area contributed by atoms with Crippen LogP contribution in [0, 0.1) is 0 Å². The zero-order valence-corrected chi connectivity index (χ0v) is 20.5. The minimum atomic E-state index is -1.91. The first-order chi connectivity index (χ1) is 13.7. The molecule has 2 aromatic rings. The van der Waals surface area contributed by atoms with Crippen molar-refractivity contribution in [2.24, 2.45) is 0 Å². The summed E-state index contributed by atoms with van der Waals surface area (Å²) in [7, 11) is -1.91. The first-order valence-corrected chi connectivity index (χ1v) is 13.2. The lowest BCUT2D eigenvalue weighted by molar-refractivity contribution is 0.0205. The molecule has 1 heterocycles. The highest BCUT2D eigenvalue weighted by Crippen LogP contribution is 2.36. The SMILES string of the molecule is CC(C)(C)OC(=O)N(CCO[Si](C)(C)C(C)(C)C)Cc1ccc2cc(C=O)oc2c1. The molecule has 0 radical (unpaired) electrons. The Kier molecular flexibility index (Phi) is 7.19. The molecule has 0 unspecified atom stereocenters. The number of furan rings is 1. The normalized spacial score (nSPS) is 12.8. The van der Waals surface area contributed by atoms with E-state index in [0.29, 0.717) is 31.6 Å². The van der Waals surface area contributed by atoms with Gasteiger partial charge in [0.1, 0.15) is 11.2 Å². The molecular weight excluding hydrogens is 398 g/mol. The minimum absolute atomic E-state index is 0.102. The lowest BCUT2D eigenvalue weighted by Crippen LogP contribution is -2.44. The maximum Gasteiger partial charge on any atom is 0.410 e. The molecule has 0 saturated carbocycles. The molecule has 0 aliphatic carbocycles. The van der Waals surface area contributed by atoms with Crippen LogP contribution < -0.4 is 0 Å². The number of carbonyl (C=O) groups excluding carboxylic acids is 2. The Bertz CT molecular complexity index is 889. The second-order valence-corrected chi connectivity index (χ2v) is 15.0. The standard InChI is InChI=1S/C23H35NO5Si/c1-22(2,3)29-21(26)24(11-12-27-30(7,8)23(4,5)6)15-17-9-10-18-14-19(16-25)28-20(18)13-17/h9-10,13-14,16H,11-12,15H2,1-8H3. The molecule has 1 aromatic carbocycles. The predicted octanol–water partition coefficient (Wildman–Crippen LogP) is 6.00. The molecule has 2 rings (SSSR count).